The lowest BCUT2D eigenvalue weighted by Gasteiger charge is -2.35. The highest BCUT2D eigenvalue weighted by Gasteiger charge is 2.39. The molecule has 6 nitrogen and oxygen atoms in total. The van der Waals surface area contributed by atoms with Gasteiger partial charge in [0.1, 0.15) is 18.1 Å². The summed E-state index contributed by atoms with van der Waals surface area (Å²) in [4.78, 5) is 29.8. The van der Waals surface area contributed by atoms with Crippen molar-refractivity contribution in [1.82, 2.24) is 14.8 Å². The number of nitrogens with zero attached hydrogens (tertiary/aromatic N) is 2. The first-order valence-electron chi connectivity index (χ1n) is 7.35. The molecular formula is C15H12ClF2N3O3. The number of nitrogens with one attached hydrogen (secondary N) is 1. The molecule has 9 heteroatoms. The van der Waals surface area contributed by atoms with Crippen LogP contribution in [0.4, 0.5) is 13.6 Å². The van der Waals surface area contributed by atoms with Crippen molar-refractivity contribution in [3.63, 3.8) is 0 Å². The van der Waals surface area contributed by atoms with Gasteiger partial charge < -0.3 is 14.6 Å². The molecule has 4 rings (SSSR count). The molecule has 0 radical (unpaired) electrons. The van der Waals surface area contributed by atoms with Gasteiger partial charge in [-0.25, -0.2) is 13.6 Å². The summed E-state index contributed by atoms with van der Waals surface area (Å²) in [5.74, 6) is -2.18. The van der Waals surface area contributed by atoms with Crippen LogP contribution in [0.2, 0.25) is 5.02 Å². The van der Waals surface area contributed by atoms with Crippen LogP contribution in [0.5, 0.6) is 0 Å². The van der Waals surface area contributed by atoms with Crippen LogP contribution in [0, 0.1) is 11.6 Å². The van der Waals surface area contributed by atoms with E-state index >= 15 is 0 Å². The number of H-pyrrole nitrogens is 1. The number of hydrogen-bond donors (Lipinski definition) is 1. The zero-order valence-electron chi connectivity index (χ0n) is 12.3. The molecule has 0 aliphatic carbocycles. The summed E-state index contributed by atoms with van der Waals surface area (Å²) in [6.07, 6.45) is -0.397. The first-order chi connectivity index (χ1) is 11.5. The summed E-state index contributed by atoms with van der Waals surface area (Å²) in [7, 11) is 0. The third kappa shape index (κ3) is 2.13. The Bertz CT molecular complexity index is 869. The molecule has 1 aromatic heterocycles. The Morgan fingerprint density at radius 1 is 1.33 bits per heavy atom. The lowest BCUT2D eigenvalue weighted by atomic mass is 10.2. The number of cyclic esters (lactones) is 1. The second kappa shape index (κ2) is 5.34. The van der Waals surface area contributed by atoms with E-state index in [-0.39, 0.29) is 47.4 Å². The van der Waals surface area contributed by atoms with Gasteiger partial charge in [0, 0.05) is 19.6 Å². The molecule has 2 aliphatic rings. The topological polar surface area (TPSA) is 65.6 Å². The second-order valence-corrected chi connectivity index (χ2v) is 6.15. The van der Waals surface area contributed by atoms with Crippen LogP contribution in [0.15, 0.2) is 12.1 Å². The van der Waals surface area contributed by atoms with E-state index < -0.39 is 23.6 Å². The smallest absolute Gasteiger partial charge is 0.410 e. The van der Waals surface area contributed by atoms with E-state index in [4.69, 9.17) is 16.3 Å². The summed E-state index contributed by atoms with van der Waals surface area (Å²) < 4.78 is 33.0. The first-order valence-corrected chi connectivity index (χ1v) is 7.73. The van der Waals surface area contributed by atoms with Crippen molar-refractivity contribution in [3.8, 4) is 0 Å². The predicted octanol–water partition coefficient (Wildman–Crippen LogP) is 2.38. The quantitative estimate of drug-likeness (QED) is 0.854. The summed E-state index contributed by atoms with van der Waals surface area (Å²) in [6, 6.07) is 2.20. The highest BCUT2D eigenvalue weighted by molar-refractivity contribution is 6.35. The molecule has 1 aromatic carbocycles. The molecule has 126 valence electrons. The normalized spacial score (nSPS) is 20.5. The monoisotopic (exact) mass is 355 g/mol. The van der Waals surface area contributed by atoms with Crippen molar-refractivity contribution in [1.29, 1.82) is 0 Å². The second-order valence-electron chi connectivity index (χ2n) is 5.77. The number of halogens is 3. The number of aromatic nitrogens is 1. The van der Waals surface area contributed by atoms with E-state index in [1.54, 1.807) is 4.90 Å². The van der Waals surface area contributed by atoms with E-state index in [9.17, 15) is 18.4 Å². The van der Waals surface area contributed by atoms with Crippen LogP contribution in [0.1, 0.15) is 10.5 Å². The summed E-state index contributed by atoms with van der Waals surface area (Å²) in [5, 5.41) is -0.502. The van der Waals surface area contributed by atoms with E-state index in [0.717, 1.165) is 6.07 Å². The van der Waals surface area contributed by atoms with Gasteiger partial charge in [-0.2, -0.15) is 0 Å². The number of amides is 2. The number of rotatable bonds is 1. The Hall–Kier alpha value is -2.35. The number of ether oxygens (including phenoxy) is 1. The molecule has 1 N–H and O–H groups in total. The van der Waals surface area contributed by atoms with Gasteiger partial charge in [-0.15, -0.1) is 0 Å². The predicted molar refractivity (Wildman–Crippen MR) is 81.0 cm³/mol. The highest BCUT2D eigenvalue weighted by atomic mass is 35.5. The molecule has 0 saturated carbocycles. The molecule has 2 saturated heterocycles. The zero-order chi connectivity index (χ0) is 17.0. The molecule has 1 atom stereocenters. The largest absolute Gasteiger partial charge is 0.447 e. The van der Waals surface area contributed by atoms with Crippen molar-refractivity contribution in [2.75, 3.05) is 26.2 Å². The van der Waals surface area contributed by atoms with Crippen molar-refractivity contribution in [3.05, 3.63) is 34.5 Å². The summed E-state index contributed by atoms with van der Waals surface area (Å²) >= 11 is 5.80. The maximum atomic E-state index is 14.6. The Kier molecular flexibility index (Phi) is 3.38. The van der Waals surface area contributed by atoms with Crippen LogP contribution in [-0.2, 0) is 4.74 Å². The van der Waals surface area contributed by atoms with Crippen LogP contribution in [0.3, 0.4) is 0 Å². The van der Waals surface area contributed by atoms with Crippen LogP contribution < -0.4 is 0 Å². The van der Waals surface area contributed by atoms with Crippen LogP contribution in [-0.4, -0.2) is 59.1 Å². The van der Waals surface area contributed by atoms with Gasteiger partial charge in [0.2, 0.25) is 0 Å². The number of carbonyl (C=O) groups excluding carboxylic acids is 2. The van der Waals surface area contributed by atoms with Gasteiger partial charge >= 0.3 is 6.09 Å². The van der Waals surface area contributed by atoms with Crippen LogP contribution in [0.25, 0.3) is 10.9 Å². The van der Waals surface area contributed by atoms with Gasteiger partial charge in [0.05, 0.1) is 22.0 Å². The average Bonchev–Trinajstić information content (AvgIpc) is 3.11. The van der Waals surface area contributed by atoms with E-state index in [1.807, 2.05) is 0 Å². The molecule has 2 aliphatic heterocycles. The number of piperazine rings is 1. The first kappa shape index (κ1) is 15.2. The summed E-state index contributed by atoms with van der Waals surface area (Å²) in [6.45, 7) is 1.05. The molecule has 2 amide bonds. The number of fused-ring (bicyclic) bond motifs is 2. The lowest BCUT2D eigenvalue weighted by Crippen LogP contribution is -2.53. The molecule has 2 fully saturated rings. The van der Waals surface area contributed by atoms with Crippen LogP contribution >= 0.6 is 11.6 Å². The van der Waals surface area contributed by atoms with Crippen molar-refractivity contribution in [2.24, 2.45) is 0 Å². The lowest BCUT2D eigenvalue weighted by molar-refractivity contribution is 0.0607. The van der Waals surface area contributed by atoms with E-state index in [1.165, 1.54) is 11.0 Å². The SMILES string of the molecule is O=C(c1[nH]c2ccc(F)c(Cl)c2c1F)N1CCN2C(=O)OC[C@H]2C1. The molecule has 0 spiro atoms. The number of aromatic amines is 1. The Morgan fingerprint density at radius 2 is 2.12 bits per heavy atom. The third-order valence-corrected chi connectivity index (χ3v) is 4.78. The minimum atomic E-state index is -0.874. The van der Waals surface area contributed by atoms with Gasteiger partial charge in [0.15, 0.2) is 5.82 Å². The fourth-order valence-corrected chi connectivity index (χ4v) is 3.41. The minimum absolute atomic E-state index is 0.141. The molecule has 24 heavy (non-hydrogen) atoms. The van der Waals surface area contributed by atoms with Gasteiger partial charge in [0.25, 0.3) is 5.91 Å². The maximum Gasteiger partial charge on any atom is 0.410 e. The van der Waals surface area contributed by atoms with Gasteiger partial charge in [-0.1, -0.05) is 11.6 Å². The van der Waals surface area contributed by atoms with Crippen molar-refractivity contribution >= 4 is 34.5 Å². The van der Waals surface area contributed by atoms with Gasteiger partial charge in [-0.05, 0) is 12.1 Å². The van der Waals surface area contributed by atoms with Gasteiger partial charge in [-0.3, -0.25) is 9.69 Å². The number of hydrogen-bond acceptors (Lipinski definition) is 3. The summed E-state index contributed by atoms with van der Waals surface area (Å²) in [5.41, 5.74) is -0.0172. The Balaban J connectivity index is 1.66. The molecule has 3 heterocycles. The zero-order valence-corrected chi connectivity index (χ0v) is 13.1. The van der Waals surface area contributed by atoms with Crippen molar-refractivity contribution in [2.45, 2.75) is 6.04 Å². The number of carbonyl (C=O) groups is 2. The highest BCUT2D eigenvalue weighted by Crippen LogP contribution is 2.31. The molecule has 0 unspecified atom stereocenters. The Labute approximate surface area is 139 Å². The standard InChI is InChI=1S/C15H12ClF2N3O3/c16-11-8(17)1-2-9-10(11)12(18)13(19-9)14(22)20-3-4-21-7(5-20)6-24-15(21)23/h1-2,7,19H,3-6H2/t7-/m1/s1. The third-order valence-electron chi connectivity index (χ3n) is 4.41. The number of benzene rings is 1. The fraction of sp³-hybridized carbons (Fsp3) is 0.333. The fourth-order valence-electron chi connectivity index (χ4n) is 3.16. The molecule has 0 bridgehead atoms. The van der Waals surface area contributed by atoms with E-state index in [0.29, 0.717) is 6.54 Å². The Morgan fingerprint density at radius 3 is 2.92 bits per heavy atom. The van der Waals surface area contributed by atoms with Crippen molar-refractivity contribution < 1.29 is 23.1 Å². The molecule has 2 aromatic rings. The van der Waals surface area contributed by atoms with E-state index in [2.05, 4.69) is 4.98 Å². The maximum absolute atomic E-state index is 14.6. The average molecular weight is 356 g/mol. The minimum Gasteiger partial charge on any atom is -0.447 e. The molecular weight excluding hydrogens is 344 g/mol.